The van der Waals surface area contributed by atoms with Crippen molar-refractivity contribution in [2.24, 2.45) is 0 Å². The molecule has 0 bridgehead atoms. The molecule has 1 aliphatic heterocycles. The third-order valence-corrected chi connectivity index (χ3v) is 4.17. The van der Waals surface area contributed by atoms with E-state index in [0.29, 0.717) is 18.2 Å². The summed E-state index contributed by atoms with van der Waals surface area (Å²) >= 11 is 0. The summed E-state index contributed by atoms with van der Waals surface area (Å²) in [7, 11) is 0. The zero-order valence-corrected chi connectivity index (χ0v) is 14.6. The largest absolute Gasteiger partial charge is 0.493 e. The number of ether oxygens (including phenoxy) is 2. The number of aromatic nitrogens is 1. The van der Waals surface area contributed by atoms with Crippen molar-refractivity contribution in [1.29, 1.82) is 0 Å². The highest BCUT2D eigenvalue weighted by atomic mass is 16.6. The first-order valence-electron chi connectivity index (χ1n) is 8.64. The summed E-state index contributed by atoms with van der Waals surface area (Å²) in [5.41, 5.74) is 0.881. The Hall–Kier alpha value is -2.01. The van der Waals surface area contributed by atoms with Crippen LogP contribution in [0.2, 0.25) is 0 Å². The topological polar surface area (TPSA) is 63.4 Å². The van der Waals surface area contributed by atoms with Gasteiger partial charge in [-0.05, 0) is 58.7 Å². The fourth-order valence-corrected chi connectivity index (χ4v) is 3.08. The molecular formula is C19H26N2O3. The molecule has 1 unspecified atom stereocenters. The molecule has 24 heavy (non-hydrogen) atoms. The van der Waals surface area contributed by atoms with Crippen molar-refractivity contribution in [3.63, 3.8) is 0 Å². The van der Waals surface area contributed by atoms with E-state index in [1.54, 1.807) is 6.20 Å². The van der Waals surface area contributed by atoms with Crippen molar-refractivity contribution in [2.45, 2.75) is 51.7 Å². The standard InChI is InChI=1S/C19H26N2O3/c1-19(2,3)24-18(22)14-12-21-15-7-4-8-16(17(14)15)23-11-9-13-6-5-10-20-13/h4,7-8,12-13,20-21H,5-6,9-11H2,1-3H3. The predicted molar refractivity (Wildman–Crippen MR) is 94.6 cm³/mol. The van der Waals surface area contributed by atoms with Crippen molar-refractivity contribution in [1.82, 2.24) is 10.3 Å². The minimum absolute atomic E-state index is 0.331. The van der Waals surface area contributed by atoms with Gasteiger partial charge >= 0.3 is 5.97 Å². The van der Waals surface area contributed by atoms with Gasteiger partial charge in [0.1, 0.15) is 11.4 Å². The molecule has 0 spiro atoms. The van der Waals surface area contributed by atoms with Gasteiger partial charge in [0.05, 0.1) is 23.1 Å². The molecule has 1 aromatic heterocycles. The van der Waals surface area contributed by atoms with E-state index in [1.165, 1.54) is 12.8 Å². The maximum absolute atomic E-state index is 12.5. The molecule has 0 amide bonds. The van der Waals surface area contributed by atoms with Crippen LogP contribution in [0, 0.1) is 0 Å². The smallest absolute Gasteiger partial charge is 0.340 e. The number of nitrogens with one attached hydrogen (secondary N) is 2. The molecule has 1 aromatic carbocycles. The summed E-state index contributed by atoms with van der Waals surface area (Å²) < 4.78 is 11.5. The van der Waals surface area contributed by atoms with Gasteiger partial charge in [-0.15, -0.1) is 0 Å². The molecular weight excluding hydrogens is 304 g/mol. The molecule has 2 heterocycles. The molecule has 0 aliphatic carbocycles. The van der Waals surface area contributed by atoms with E-state index < -0.39 is 5.60 Å². The van der Waals surface area contributed by atoms with Gasteiger partial charge < -0.3 is 19.8 Å². The van der Waals surface area contributed by atoms with Gasteiger partial charge in [-0.1, -0.05) is 6.07 Å². The molecule has 5 nitrogen and oxygen atoms in total. The molecule has 1 aliphatic rings. The van der Waals surface area contributed by atoms with E-state index in [9.17, 15) is 4.79 Å². The summed E-state index contributed by atoms with van der Waals surface area (Å²) in [5, 5.41) is 4.27. The summed E-state index contributed by atoms with van der Waals surface area (Å²) in [6.07, 6.45) is 5.12. The summed E-state index contributed by atoms with van der Waals surface area (Å²) in [5.74, 6) is 0.398. The second-order valence-electron chi connectivity index (χ2n) is 7.31. The number of H-pyrrole nitrogens is 1. The monoisotopic (exact) mass is 330 g/mol. The van der Waals surface area contributed by atoms with Crippen LogP contribution < -0.4 is 10.1 Å². The normalized spacial score (nSPS) is 18.0. The van der Waals surface area contributed by atoms with Gasteiger partial charge in [0.2, 0.25) is 0 Å². The Balaban J connectivity index is 1.77. The fraction of sp³-hybridized carbons (Fsp3) is 0.526. The number of aromatic amines is 1. The van der Waals surface area contributed by atoms with Crippen LogP contribution in [0.5, 0.6) is 5.75 Å². The summed E-state index contributed by atoms with van der Waals surface area (Å²) in [6.45, 7) is 7.33. The Morgan fingerprint density at radius 1 is 1.33 bits per heavy atom. The van der Waals surface area contributed by atoms with Crippen LogP contribution in [0.4, 0.5) is 0 Å². The molecule has 1 saturated heterocycles. The van der Waals surface area contributed by atoms with E-state index in [1.807, 2.05) is 39.0 Å². The van der Waals surface area contributed by atoms with Crippen molar-refractivity contribution >= 4 is 16.9 Å². The lowest BCUT2D eigenvalue weighted by Gasteiger charge is -2.19. The number of rotatable bonds is 5. The summed E-state index contributed by atoms with van der Waals surface area (Å²) in [4.78, 5) is 15.6. The average molecular weight is 330 g/mol. The van der Waals surface area contributed by atoms with Gasteiger partial charge in [-0.2, -0.15) is 0 Å². The minimum atomic E-state index is -0.523. The van der Waals surface area contributed by atoms with Gasteiger partial charge in [0.15, 0.2) is 0 Å². The minimum Gasteiger partial charge on any atom is -0.493 e. The van der Waals surface area contributed by atoms with Crippen LogP contribution in [0.25, 0.3) is 10.9 Å². The van der Waals surface area contributed by atoms with Crippen LogP contribution in [0.15, 0.2) is 24.4 Å². The van der Waals surface area contributed by atoms with E-state index in [0.717, 1.165) is 29.6 Å². The number of fused-ring (bicyclic) bond motifs is 1. The van der Waals surface area contributed by atoms with E-state index in [4.69, 9.17) is 9.47 Å². The van der Waals surface area contributed by atoms with Crippen molar-refractivity contribution in [2.75, 3.05) is 13.2 Å². The van der Waals surface area contributed by atoms with Crippen LogP contribution in [-0.4, -0.2) is 35.7 Å². The number of carbonyl (C=O) groups is 1. The molecule has 2 N–H and O–H groups in total. The lowest BCUT2D eigenvalue weighted by molar-refractivity contribution is 0.00716. The highest BCUT2D eigenvalue weighted by Gasteiger charge is 2.22. The zero-order chi connectivity index (χ0) is 17.2. The second kappa shape index (κ2) is 6.85. The first-order valence-corrected chi connectivity index (χ1v) is 8.64. The van der Waals surface area contributed by atoms with Crippen molar-refractivity contribution < 1.29 is 14.3 Å². The van der Waals surface area contributed by atoms with Crippen LogP contribution in [0.3, 0.4) is 0 Å². The van der Waals surface area contributed by atoms with Crippen molar-refractivity contribution in [3.05, 3.63) is 30.0 Å². The van der Waals surface area contributed by atoms with E-state index in [-0.39, 0.29) is 5.97 Å². The zero-order valence-electron chi connectivity index (χ0n) is 14.6. The first kappa shape index (κ1) is 16.8. The van der Waals surface area contributed by atoms with Crippen LogP contribution in [0.1, 0.15) is 50.4 Å². The van der Waals surface area contributed by atoms with Crippen LogP contribution in [-0.2, 0) is 4.74 Å². The molecule has 0 radical (unpaired) electrons. The van der Waals surface area contributed by atoms with Gasteiger partial charge in [0, 0.05) is 12.2 Å². The maximum atomic E-state index is 12.5. The van der Waals surface area contributed by atoms with Crippen molar-refractivity contribution in [3.8, 4) is 5.75 Å². The van der Waals surface area contributed by atoms with Gasteiger partial charge in [0.25, 0.3) is 0 Å². The van der Waals surface area contributed by atoms with Gasteiger partial charge in [-0.3, -0.25) is 0 Å². The number of esters is 1. The lowest BCUT2D eigenvalue weighted by Crippen LogP contribution is -2.24. The Kier molecular flexibility index (Phi) is 4.81. The first-order chi connectivity index (χ1) is 11.4. The number of benzene rings is 1. The molecule has 5 heteroatoms. The fourth-order valence-electron chi connectivity index (χ4n) is 3.08. The van der Waals surface area contributed by atoms with E-state index in [2.05, 4.69) is 10.3 Å². The second-order valence-corrected chi connectivity index (χ2v) is 7.31. The maximum Gasteiger partial charge on any atom is 0.340 e. The molecule has 130 valence electrons. The lowest BCUT2D eigenvalue weighted by atomic mass is 10.1. The highest BCUT2D eigenvalue weighted by molar-refractivity contribution is 6.06. The average Bonchev–Trinajstić information content (AvgIpc) is 3.14. The Labute approximate surface area is 142 Å². The highest BCUT2D eigenvalue weighted by Crippen LogP contribution is 2.30. The quantitative estimate of drug-likeness (QED) is 0.822. The van der Waals surface area contributed by atoms with Crippen LogP contribution >= 0.6 is 0 Å². The third-order valence-electron chi connectivity index (χ3n) is 4.17. The van der Waals surface area contributed by atoms with Gasteiger partial charge in [-0.25, -0.2) is 4.79 Å². The SMILES string of the molecule is CC(C)(C)OC(=O)c1c[nH]c2cccc(OCCC3CCCN3)c12. The molecule has 2 aromatic rings. The third kappa shape index (κ3) is 3.90. The Morgan fingerprint density at radius 3 is 2.88 bits per heavy atom. The Morgan fingerprint density at radius 2 is 2.17 bits per heavy atom. The molecule has 1 fully saturated rings. The molecule has 0 saturated carbocycles. The number of hydrogen-bond acceptors (Lipinski definition) is 4. The predicted octanol–water partition coefficient (Wildman–Crippen LogP) is 3.64. The summed E-state index contributed by atoms with van der Waals surface area (Å²) in [6, 6.07) is 6.32. The molecule has 3 rings (SSSR count). The number of hydrogen-bond donors (Lipinski definition) is 2. The van der Waals surface area contributed by atoms with E-state index >= 15 is 0 Å². The molecule has 1 atom stereocenters. The number of carbonyl (C=O) groups excluding carboxylic acids is 1. The Bertz CT molecular complexity index is 709.